The van der Waals surface area contributed by atoms with Crippen molar-refractivity contribution >= 4 is 33.8 Å². The average molecular weight is 361 g/mol. The maximum atomic E-state index is 5.47. The Morgan fingerprint density at radius 2 is 2.08 bits per heavy atom. The fourth-order valence-electron chi connectivity index (χ4n) is 3.40. The van der Waals surface area contributed by atoms with Crippen molar-refractivity contribution in [2.45, 2.75) is 38.9 Å². The van der Waals surface area contributed by atoms with Gasteiger partial charge in [-0.1, -0.05) is 12.1 Å². The zero-order valence-corrected chi connectivity index (χ0v) is 15.4. The molecule has 0 aliphatic carbocycles. The molecule has 24 heavy (non-hydrogen) atoms. The Hall–Kier alpha value is -1.57. The van der Waals surface area contributed by atoms with E-state index >= 15 is 0 Å². The van der Waals surface area contributed by atoms with Crippen molar-refractivity contribution in [3.63, 3.8) is 0 Å². The van der Waals surface area contributed by atoms with E-state index in [-0.39, 0.29) is 0 Å². The molecule has 3 heterocycles. The smallest absolute Gasteiger partial charge is 0.202 e. The number of nitrogens with one attached hydrogen (secondary N) is 1. The third-order valence-corrected chi connectivity index (χ3v) is 6.51. The molecule has 1 aliphatic heterocycles. The Labute approximate surface area is 150 Å². The number of fused-ring (bicyclic) bond motifs is 1. The van der Waals surface area contributed by atoms with Gasteiger partial charge in [0.15, 0.2) is 6.67 Å². The molecule has 1 fully saturated rings. The van der Waals surface area contributed by atoms with Crippen LogP contribution in [0.5, 0.6) is 0 Å². The largest absolute Gasteiger partial charge is 0.316 e. The van der Waals surface area contributed by atoms with E-state index < -0.39 is 0 Å². The van der Waals surface area contributed by atoms with Crippen LogP contribution in [0, 0.1) is 4.77 Å². The van der Waals surface area contributed by atoms with Gasteiger partial charge >= 0.3 is 0 Å². The van der Waals surface area contributed by atoms with Crippen molar-refractivity contribution in [1.29, 1.82) is 0 Å². The molecule has 7 heteroatoms. The summed E-state index contributed by atoms with van der Waals surface area (Å²) in [5.74, 6) is 0.604. The van der Waals surface area contributed by atoms with E-state index in [2.05, 4.69) is 36.3 Å². The predicted molar refractivity (Wildman–Crippen MR) is 99.0 cm³/mol. The molecule has 0 amide bonds. The van der Waals surface area contributed by atoms with Gasteiger partial charge in [-0.05, 0) is 31.3 Å². The molecule has 3 aromatic rings. The molecule has 1 saturated heterocycles. The van der Waals surface area contributed by atoms with Crippen molar-refractivity contribution in [1.82, 2.24) is 19.3 Å². The van der Waals surface area contributed by atoms with Crippen molar-refractivity contribution in [2.75, 3.05) is 13.1 Å². The van der Waals surface area contributed by atoms with Gasteiger partial charge in [0.25, 0.3) is 0 Å². The van der Waals surface area contributed by atoms with Gasteiger partial charge in [-0.2, -0.15) is 9.78 Å². The topological polar surface area (TPSA) is 40.1 Å². The van der Waals surface area contributed by atoms with Crippen LogP contribution in [-0.4, -0.2) is 32.4 Å². The van der Waals surface area contributed by atoms with Crippen LogP contribution in [-0.2, 0) is 13.2 Å². The number of aryl methyl sites for hydroxylation is 1. The lowest BCUT2D eigenvalue weighted by Crippen LogP contribution is -3.12. The molecule has 0 radical (unpaired) electrons. The summed E-state index contributed by atoms with van der Waals surface area (Å²) in [6, 6.07) is 8.44. The molecule has 4 rings (SSSR count). The molecule has 1 aliphatic rings. The number of rotatable bonds is 4. The fourth-order valence-corrected chi connectivity index (χ4v) is 4.83. The SMILES string of the molecule is CCn1cnn(C[NH+]2CCC(c3nc4ccccc4s3)CC2)c1=S. The van der Waals surface area contributed by atoms with Crippen LogP contribution < -0.4 is 4.90 Å². The monoisotopic (exact) mass is 360 g/mol. The first-order chi connectivity index (χ1) is 11.7. The summed E-state index contributed by atoms with van der Waals surface area (Å²) in [5.41, 5.74) is 1.14. The quantitative estimate of drug-likeness (QED) is 0.727. The lowest BCUT2D eigenvalue weighted by molar-refractivity contribution is -0.928. The average Bonchev–Trinajstić information content (AvgIpc) is 3.19. The standard InChI is InChI=1S/C17H21N5S2/c1-2-21-11-18-22(17(21)23)12-20-9-7-13(8-10-20)16-19-14-5-3-4-6-15(14)24-16/h3-6,11,13H,2,7-10,12H2,1H3/p+1. The zero-order chi connectivity index (χ0) is 16.5. The second-order valence-corrected chi connectivity index (χ2v) is 7.83. The molecule has 0 spiro atoms. The van der Waals surface area contributed by atoms with Crippen LogP contribution in [0.15, 0.2) is 30.6 Å². The van der Waals surface area contributed by atoms with Crippen LogP contribution in [0.1, 0.15) is 30.7 Å². The molecule has 1 N–H and O–H groups in total. The maximum absolute atomic E-state index is 5.47. The highest BCUT2D eigenvalue weighted by molar-refractivity contribution is 7.71. The highest BCUT2D eigenvalue weighted by Gasteiger charge is 2.26. The molecule has 5 nitrogen and oxygen atoms in total. The van der Waals surface area contributed by atoms with Gasteiger partial charge in [0.1, 0.15) is 6.33 Å². The minimum atomic E-state index is 0.604. The summed E-state index contributed by atoms with van der Waals surface area (Å²) in [6.07, 6.45) is 4.23. The Balaban J connectivity index is 1.41. The summed E-state index contributed by atoms with van der Waals surface area (Å²) < 4.78 is 6.12. The van der Waals surface area contributed by atoms with Crippen LogP contribution in [0.25, 0.3) is 10.2 Å². The van der Waals surface area contributed by atoms with Gasteiger partial charge < -0.3 is 9.47 Å². The van der Waals surface area contributed by atoms with Crippen LogP contribution in [0.2, 0.25) is 0 Å². The first-order valence-corrected chi connectivity index (χ1v) is 9.78. The van der Waals surface area contributed by atoms with Crippen molar-refractivity contribution < 1.29 is 4.90 Å². The van der Waals surface area contributed by atoms with E-state index in [1.54, 1.807) is 4.90 Å². The molecule has 1 aromatic carbocycles. The van der Waals surface area contributed by atoms with E-state index in [0.717, 1.165) is 36.6 Å². The van der Waals surface area contributed by atoms with Gasteiger partial charge in [-0.25, -0.2) is 4.98 Å². The summed E-state index contributed by atoms with van der Waals surface area (Å²) >= 11 is 7.33. The van der Waals surface area contributed by atoms with Crippen molar-refractivity contribution in [3.05, 3.63) is 40.4 Å². The number of benzene rings is 1. The number of aromatic nitrogens is 4. The maximum Gasteiger partial charge on any atom is 0.202 e. The van der Waals surface area contributed by atoms with E-state index in [1.165, 1.54) is 22.5 Å². The van der Waals surface area contributed by atoms with E-state index in [1.807, 2.05) is 26.9 Å². The molecule has 2 aromatic heterocycles. The van der Waals surface area contributed by atoms with Crippen molar-refractivity contribution in [2.24, 2.45) is 0 Å². The highest BCUT2D eigenvalue weighted by Crippen LogP contribution is 2.31. The summed E-state index contributed by atoms with van der Waals surface area (Å²) in [7, 11) is 0. The minimum Gasteiger partial charge on any atom is -0.316 e. The van der Waals surface area contributed by atoms with Gasteiger partial charge in [0, 0.05) is 25.3 Å². The first-order valence-electron chi connectivity index (χ1n) is 8.56. The number of para-hydroxylation sites is 1. The summed E-state index contributed by atoms with van der Waals surface area (Å²) in [4.78, 5) is 6.41. The van der Waals surface area contributed by atoms with Gasteiger partial charge in [0.2, 0.25) is 4.77 Å². The lowest BCUT2D eigenvalue weighted by Gasteiger charge is -2.27. The molecule has 0 unspecified atom stereocenters. The number of quaternary nitrogens is 1. The normalized spacial score (nSPS) is 21.4. The number of likely N-dealkylation sites (tertiary alicyclic amines) is 1. The zero-order valence-electron chi connectivity index (χ0n) is 13.8. The van der Waals surface area contributed by atoms with Crippen LogP contribution in [0.3, 0.4) is 0 Å². The number of hydrogen-bond donors (Lipinski definition) is 1. The molecule has 0 atom stereocenters. The minimum absolute atomic E-state index is 0.604. The highest BCUT2D eigenvalue weighted by atomic mass is 32.1. The fraction of sp³-hybridized carbons (Fsp3) is 0.471. The molecular formula is C17H22N5S2+. The number of nitrogens with zero attached hydrogens (tertiary/aromatic N) is 4. The number of hydrogen-bond acceptors (Lipinski definition) is 4. The van der Waals surface area contributed by atoms with Gasteiger partial charge in [-0.3, -0.25) is 0 Å². The predicted octanol–water partition coefficient (Wildman–Crippen LogP) is 2.46. The van der Waals surface area contributed by atoms with Crippen LogP contribution >= 0.6 is 23.6 Å². The summed E-state index contributed by atoms with van der Waals surface area (Å²) in [6.45, 7) is 6.16. The Kier molecular flexibility index (Phi) is 4.47. The van der Waals surface area contributed by atoms with Gasteiger partial charge in [0.05, 0.1) is 28.3 Å². The summed E-state index contributed by atoms with van der Waals surface area (Å²) in [5, 5.41) is 5.74. The van der Waals surface area contributed by atoms with Gasteiger partial charge in [-0.15, -0.1) is 11.3 Å². The molecule has 0 bridgehead atoms. The Bertz CT molecular complexity index is 853. The number of thiazole rings is 1. The van der Waals surface area contributed by atoms with Crippen LogP contribution in [0.4, 0.5) is 0 Å². The van der Waals surface area contributed by atoms with Crippen molar-refractivity contribution in [3.8, 4) is 0 Å². The Morgan fingerprint density at radius 1 is 1.29 bits per heavy atom. The second kappa shape index (κ2) is 6.74. The number of piperidine rings is 1. The third kappa shape index (κ3) is 3.03. The van der Waals surface area contributed by atoms with E-state index in [9.17, 15) is 0 Å². The second-order valence-electron chi connectivity index (χ2n) is 6.40. The van der Waals surface area contributed by atoms with E-state index in [4.69, 9.17) is 17.2 Å². The Morgan fingerprint density at radius 3 is 2.79 bits per heavy atom. The third-order valence-electron chi connectivity index (χ3n) is 4.86. The molecule has 0 saturated carbocycles. The molecular weight excluding hydrogens is 338 g/mol. The first kappa shape index (κ1) is 15.9. The lowest BCUT2D eigenvalue weighted by atomic mass is 9.98. The van der Waals surface area contributed by atoms with E-state index in [0.29, 0.717) is 5.92 Å². The molecule has 126 valence electrons.